The molecule has 47 heavy (non-hydrogen) atoms. The minimum Gasteiger partial charge on any atom is -0.456 e. The van der Waals surface area contributed by atoms with Crippen LogP contribution in [0.3, 0.4) is 0 Å². The topological polar surface area (TPSA) is 51.8 Å². The molecule has 0 aliphatic heterocycles. The molecule has 2 heterocycles. The zero-order valence-electron chi connectivity index (χ0n) is 30.9. The van der Waals surface area contributed by atoms with E-state index in [0.717, 1.165) is 21.9 Å². The van der Waals surface area contributed by atoms with E-state index in [-0.39, 0.29) is 75.6 Å². The number of nitrogens with zero attached hydrogens (tertiary/aromatic N) is 3. The summed E-state index contributed by atoms with van der Waals surface area (Å²) in [5.74, 6) is 0.525. The van der Waals surface area contributed by atoms with Gasteiger partial charge in [0.15, 0.2) is 17.5 Å². The second kappa shape index (κ2) is 11.2. The predicted molar refractivity (Wildman–Crippen MR) is 192 cm³/mol. The summed E-state index contributed by atoms with van der Waals surface area (Å²) < 4.78 is 61.0. The van der Waals surface area contributed by atoms with Crippen molar-refractivity contribution in [1.29, 1.82) is 0 Å². The van der Waals surface area contributed by atoms with Gasteiger partial charge in [0.25, 0.3) is 0 Å². The van der Waals surface area contributed by atoms with E-state index in [2.05, 4.69) is 0 Å². The van der Waals surface area contributed by atoms with Crippen LogP contribution in [0.25, 0.3) is 89.1 Å². The predicted octanol–water partition coefficient (Wildman–Crippen LogP) is 11.3. The summed E-state index contributed by atoms with van der Waals surface area (Å²) in [6.45, 7) is 0. The van der Waals surface area contributed by atoms with E-state index >= 15 is 0 Å². The number of rotatable bonds is 5. The fourth-order valence-electron chi connectivity index (χ4n) is 5.88. The Hall–Kier alpha value is -6.39. The smallest absolute Gasteiger partial charge is 0.164 e. The van der Waals surface area contributed by atoms with Gasteiger partial charge < -0.3 is 4.42 Å². The number of para-hydroxylation sites is 1. The Bertz CT molecular complexity index is 2900. The van der Waals surface area contributed by atoms with E-state index in [9.17, 15) is 2.74 Å². The SMILES string of the molecule is [2H]c1c(-c2nc(-c3ccc(-c4ccccc4)cc3)nc(-c3cccc4oc5ccccc5c34)n2)c([2H])c2c([2H])c([2H])c(-c3ccccc3)c([2H])c2c1[2H]. The second-order valence-electron chi connectivity index (χ2n) is 11.1. The molecule has 0 amide bonds. The van der Waals surface area contributed by atoms with Crippen LogP contribution < -0.4 is 0 Å². The van der Waals surface area contributed by atoms with Gasteiger partial charge in [0.2, 0.25) is 0 Å². The lowest BCUT2D eigenvalue weighted by molar-refractivity contribution is 0.669. The molecular weight excluding hydrogens is 574 g/mol. The lowest BCUT2D eigenvalue weighted by Crippen LogP contribution is -2.00. The van der Waals surface area contributed by atoms with Crippen molar-refractivity contribution in [3.63, 3.8) is 0 Å². The van der Waals surface area contributed by atoms with Gasteiger partial charge in [0.05, 0.1) is 8.22 Å². The highest BCUT2D eigenvalue weighted by Crippen LogP contribution is 2.37. The van der Waals surface area contributed by atoms with E-state index in [1.54, 1.807) is 24.3 Å². The molecular formula is C43H27N3O. The Balaban J connectivity index is 1.31. The maximum atomic E-state index is 9.41. The van der Waals surface area contributed by atoms with Crippen LogP contribution in [-0.4, -0.2) is 15.0 Å². The van der Waals surface area contributed by atoms with Gasteiger partial charge in [0, 0.05) is 27.5 Å². The molecule has 2 aromatic heterocycles. The van der Waals surface area contributed by atoms with E-state index in [1.165, 1.54) is 0 Å². The molecule has 7 aromatic carbocycles. The quantitative estimate of drug-likeness (QED) is 0.195. The van der Waals surface area contributed by atoms with Crippen LogP contribution >= 0.6 is 0 Å². The van der Waals surface area contributed by atoms with Gasteiger partial charge in [-0.05, 0) is 57.2 Å². The zero-order chi connectivity index (χ0) is 36.4. The molecule has 9 aromatic rings. The summed E-state index contributed by atoms with van der Waals surface area (Å²) in [5.41, 5.74) is 5.35. The number of furan rings is 1. The fourth-order valence-corrected chi connectivity index (χ4v) is 5.88. The zero-order valence-corrected chi connectivity index (χ0v) is 24.9. The average molecular weight is 608 g/mol. The number of hydrogen-bond acceptors (Lipinski definition) is 4. The van der Waals surface area contributed by atoms with Crippen molar-refractivity contribution >= 4 is 32.7 Å². The van der Waals surface area contributed by atoms with Gasteiger partial charge in [-0.25, -0.2) is 15.0 Å². The van der Waals surface area contributed by atoms with Crippen LogP contribution in [0.5, 0.6) is 0 Å². The summed E-state index contributed by atoms with van der Waals surface area (Å²) in [4.78, 5) is 14.6. The van der Waals surface area contributed by atoms with Crippen molar-refractivity contribution in [3.8, 4) is 56.4 Å². The largest absolute Gasteiger partial charge is 0.456 e. The minimum absolute atomic E-state index is 0.0306. The van der Waals surface area contributed by atoms with Crippen molar-refractivity contribution in [1.82, 2.24) is 15.0 Å². The van der Waals surface area contributed by atoms with Crippen molar-refractivity contribution in [2.45, 2.75) is 0 Å². The molecule has 0 spiro atoms. The first-order valence-corrected chi connectivity index (χ1v) is 15.2. The third-order valence-electron chi connectivity index (χ3n) is 8.19. The van der Waals surface area contributed by atoms with Gasteiger partial charge in [-0.3, -0.25) is 0 Å². The van der Waals surface area contributed by atoms with Gasteiger partial charge in [0.1, 0.15) is 11.2 Å². The molecule has 0 saturated carbocycles. The van der Waals surface area contributed by atoms with Crippen LogP contribution in [0.4, 0.5) is 0 Å². The summed E-state index contributed by atoms with van der Waals surface area (Å²) in [6.07, 6.45) is 0. The molecule has 0 unspecified atom stereocenters. The third-order valence-corrected chi connectivity index (χ3v) is 8.19. The maximum Gasteiger partial charge on any atom is 0.164 e. The fraction of sp³-hybridized carbons (Fsp3) is 0. The standard InChI is InChI=1S/C43H27N3O/c1-3-10-28(11-4-1)30-18-20-31(21-19-30)41-44-42(35-25-24-33-26-32(22-23-34(33)27-35)29-12-5-2-6-13-29)46-43(45-41)37-15-9-17-39-40(37)36-14-7-8-16-38(36)47-39/h1-27H/i22D,23D,24D,25D,26D,27D. The lowest BCUT2D eigenvalue weighted by Gasteiger charge is -2.11. The first-order valence-electron chi connectivity index (χ1n) is 18.2. The first-order chi connectivity index (χ1) is 25.8. The molecule has 9 rings (SSSR count). The number of aromatic nitrogens is 3. The van der Waals surface area contributed by atoms with Crippen molar-refractivity contribution in [2.75, 3.05) is 0 Å². The molecule has 0 saturated heterocycles. The number of fused-ring (bicyclic) bond motifs is 4. The van der Waals surface area contributed by atoms with Crippen molar-refractivity contribution < 1.29 is 12.6 Å². The van der Waals surface area contributed by atoms with E-state index in [4.69, 9.17) is 24.9 Å². The Morgan fingerprint density at radius 3 is 1.68 bits per heavy atom. The van der Waals surface area contributed by atoms with Gasteiger partial charge in [-0.15, -0.1) is 0 Å². The minimum atomic E-state index is -0.360. The normalized spacial score (nSPS) is 13.2. The molecule has 0 bridgehead atoms. The molecule has 4 heteroatoms. The van der Waals surface area contributed by atoms with Crippen LogP contribution in [0, 0.1) is 0 Å². The first kappa shape index (κ1) is 21.4. The van der Waals surface area contributed by atoms with Gasteiger partial charge in [-0.1, -0.05) is 139 Å². The highest BCUT2D eigenvalue weighted by atomic mass is 16.3. The Morgan fingerprint density at radius 2 is 0.936 bits per heavy atom. The van der Waals surface area contributed by atoms with E-state index in [0.29, 0.717) is 27.9 Å². The molecule has 0 aliphatic rings. The Morgan fingerprint density at radius 1 is 0.404 bits per heavy atom. The number of benzene rings is 7. The van der Waals surface area contributed by atoms with Crippen molar-refractivity contribution in [2.24, 2.45) is 0 Å². The second-order valence-corrected chi connectivity index (χ2v) is 11.1. The van der Waals surface area contributed by atoms with Crippen LogP contribution in [0.2, 0.25) is 0 Å². The lowest BCUT2D eigenvalue weighted by atomic mass is 10.00. The average Bonchev–Trinajstić information content (AvgIpc) is 3.58. The highest BCUT2D eigenvalue weighted by molar-refractivity contribution is 6.11. The molecule has 0 aliphatic carbocycles. The molecule has 0 fully saturated rings. The maximum absolute atomic E-state index is 9.41. The van der Waals surface area contributed by atoms with Crippen LogP contribution in [-0.2, 0) is 0 Å². The molecule has 4 nitrogen and oxygen atoms in total. The summed E-state index contributed by atoms with van der Waals surface area (Å²) in [5, 5.41) is 1.55. The van der Waals surface area contributed by atoms with E-state index in [1.807, 2.05) is 103 Å². The molecule has 0 radical (unpaired) electrons. The summed E-state index contributed by atoms with van der Waals surface area (Å²) in [6, 6.07) is 38.2. The molecule has 0 N–H and O–H groups in total. The van der Waals surface area contributed by atoms with Gasteiger partial charge >= 0.3 is 0 Å². The summed E-state index contributed by atoms with van der Waals surface area (Å²) >= 11 is 0. The van der Waals surface area contributed by atoms with Gasteiger partial charge in [-0.2, -0.15) is 0 Å². The highest BCUT2D eigenvalue weighted by Gasteiger charge is 2.18. The van der Waals surface area contributed by atoms with E-state index < -0.39 is 0 Å². The number of hydrogen-bond donors (Lipinski definition) is 0. The van der Waals surface area contributed by atoms with Crippen LogP contribution in [0.15, 0.2) is 168 Å². The van der Waals surface area contributed by atoms with Crippen molar-refractivity contribution in [3.05, 3.63) is 164 Å². The molecule has 220 valence electrons. The monoisotopic (exact) mass is 607 g/mol. The van der Waals surface area contributed by atoms with Crippen LogP contribution in [0.1, 0.15) is 8.22 Å². The summed E-state index contributed by atoms with van der Waals surface area (Å²) in [7, 11) is 0. The Kier molecular flexibility index (Phi) is 5.09. The third kappa shape index (κ3) is 4.93. The molecule has 0 atom stereocenters. The Labute approximate surface area is 280 Å².